The van der Waals surface area contributed by atoms with Crippen molar-refractivity contribution in [1.29, 1.82) is 0 Å². The zero-order valence-corrected chi connectivity index (χ0v) is 17.6. The number of benzene rings is 2. The van der Waals surface area contributed by atoms with Crippen LogP contribution in [-0.4, -0.2) is 14.0 Å². The molecular formula is C24H28O3S. The van der Waals surface area contributed by atoms with Crippen LogP contribution in [0.15, 0.2) is 70.5 Å². The van der Waals surface area contributed by atoms with Crippen LogP contribution in [-0.2, 0) is 14.6 Å². The van der Waals surface area contributed by atoms with Gasteiger partial charge in [-0.2, -0.15) is 0 Å². The Morgan fingerprint density at radius 2 is 1.50 bits per heavy atom. The first kappa shape index (κ1) is 19.3. The second kappa shape index (κ2) is 6.77. The van der Waals surface area contributed by atoms with E-state index >= 15 is 0 Å². The smallest absolute Gasteiger partial charge is 0.206 e. The van der Waals surface area contributed by atoms with Crippen molar-refractivity contribution in [3.63, 3.8) is 0 Å². The molecule has 0 bridgehead atoms. The number of hydrogen-bond acceptors (Lipinski definition) is 3. The lowest BCUT2D eigenvalue weighted by molar-refractivity contribution is -0.0951. The monoisotopic (exact) mass is 396 g/mol. The summed E-state index contributed by atoms with van der Waals surface area (Å²) < 4.78 is 33.9. The summed E-state index contributed by atoms with van der Waals surface area (Å²) in [6, 6.07) is 18.4. The summed E-state index contributed by atoms with van der Waals surface area (Å²) >= 11 is 0. The molecule has 4 heteroatoms. The minimum absolute atomic E-state index is 0.0344. The van der Waals surface area contributed by atoms with Gasteiger partial charge in [0.25, 0.3) is 0 Å². The Kier molecular flexibility index (Phi) is 4.65. The van der Waals surface area contributed by atoms with Crippen LogP contribution >= 0.6 is 0 Å². The highest BCUT2D eigenvalue weighted by molar-refractivity contribution is 7.95. The van der Waals surface area contributed by atoms with Crippen LogP contribution in [0.5, 0.6) is 0 Å². The van der Waals surface area contributed by atoms with E-state index < -0.39 is 9.84 Å². The summed E-state index contributed by atoms with van der Waals surface area (Å²) in [6.07, 6.45) is 3.67. The molecule has 1 aliphatic carbocycles. The molecule has 4 rings (SSSR count). The zero-order valence-electron chi connectivity index (χ0n) is 16.8. The fourth-order valence-electron chi connectivity index (χ4n) is 5.04. The van der Waals surface area contributed by atoms with Gasteiger partial charge < -0.3 is 4.74 Å². The number of hydrogen-bond donors (Lipinski definition) is 0. The maximum atomic E-state index is 13.6. The summed E-state index contributed by atoms with van der Waals surface area (Å²) in [6.45, 7) is 6.66. The molecule has 0 spiro atoms. The minimum Gasteiger partial charge on any atom is -0.486 e. The maximum absolute atomic E-state index is 13.6. The van der Waals surface area contributed by atoms with Crippen molar-refractivity contribution < 1.29 is 13.2 Å². The fourth-order valence-corrected chi connectivity index (χ4v) is 6.63. The lowest BCUT2D eigenvalue weighted by Gasteiger charge is -2.53. The van der Waals surface area contributed by atoms with Crippen molar-refractivity contribution in [1.82, 2.24) is 0 Å². The standard InChI is InChI=1S/C24H28O3S/c1-23(2)15-10-16-24(3)21(23)17-20(22(27-24)18-11-6-4-7-12-18)28(25,26)19-13-8-5-9-14-19/h4-9,11-14,21H,10,15-17H2,1-3H3/t21-,24-/m0/s1. The van der Waals surface area contributed by atoms with Crippen molar-refractivity contribution in [2.24, 2.45) is 11.3 Å². The Morgan fingerprint density at radius 1 is 0.893 bits per heavy atom. The van der Waals surface area contributed by atoms with Gasteiger partial charge in [-0.15, -0.1) is 0 Å². The third-order valence-electron chi connectivity index (χ3n) is 6.57. The Labute approximate surface area is 168 Å². The molecule has 3 nitrogen and oxygen atoms in total. The quantitative estimate of drug-likeness (QED) is 0.655. The maximum Gasteiger partial charge on any atom is 0.206 e. The van der Waals surface area contributed by atoms with Crippen molar-refractivity contribution in [3.8, 4) is 0 Å². The van der Waals surface area contributed by atoms with Gasteiger partial charge in [-0.1, -0.05) is 62.4 Å². The van der Waals surface area contributed by atoms with E-state index in [1.54, 1.807) is 24.3 Å². The molecule has 28 heavy (non-hydrogen) atoms. The molecule has 2 aromatic carbocycles. The largest absolute Gasteiger partial charge is 0.486 e. The van der Waals surface area contributed by atoms with Gasteiger partial charge in [0.15, 0.2) is 0 Å². The van der Waals surface area contributed by atoms with Gasteiger partial charge in [-0.05, 0) is 50.2 Å². The van der Waals surface area contributed by atoms with Gasteiger partial charge in [0, 0.05) is 11.5 Å². The summed E-state index contributed by atoms with van der Waals surface area (Å²) in [5.41, 5.74) is 0.523. The van der Waals surface area contributed by atoms with Crippen LogP contribution in [0.1, 0.15) is 52.0 Å². The van der Waals surface area contributed by atoms with E-state index in [-0.39, 0.29) is 16.9 Å². The van der Waals surface area contributed by atoms with Crippen molar-refractivity contribution in [2.75, 3.05) is 0 Å². The summed E-state index contributed by atoms with van der Waals surface area (Å²) in [7, 11) is -3.63. The molecule has 0 N–H and O–H groups in total. The Hall–Kier alpha value is -2.07. The number of fused-ring (bicyclic) bond motifs is 1. The SMILES string of the molecule is CC1(C)CCC[C@]2(C)OC(c3ccccc3)=C(S(=O)(=O)c3ccccc3)C[C@@H]12. The highest BCUT2D eigenvalue weighted by atomic mass is 32.2. The Morgan fingerprint density at radius 3 is 2.14 bits per heavy atom. The van der Waals surface area contributed by atoms with Crippen LogP contribution in [0.4, 0.5) is 0 Å². The summed E-state index contributed by atoms with van der Waals surface area (Å²) in [5, 5.41) is 0. The Bertz CT molecular complexity index is 991. The lowest BCUT2D eigenvalue weighted by atomic mass is 9.60. The van der Waals surface area contributed by atoms with Crippen molar-refractivity contribution in [2.45, 2.75) is 57.0 Å². The van der Waals surface area contributed by atoms with Crippen LogP contribution < -0.4 is 0 Å². The Balaban J connectivity index is 1.92. The van der Waals surface area contributed by atoms with Gasteiger partial charge in [0.1, 0.15) is 11.4 Å². The fraction of sp³-hybridized carbons (Fsp3) is 0.417. The van der Waals surface area contributed by atoms with E-state index in [0.717, 1.165) is 24.8 Å². The first-order chi connectivity index (χ1) is 13.2. The highest BCUT2D eigenvalue weighted by Gasteiger charge is 2.53. The molecule has 0 radical (unpaired) electrons. The van der Waals surface area contributed by atoms with Gasteiger partial charge in [-0.25, -0.2) is 8.42 Å². The van der Waals surface area contributed by atoms with E-state index in [2.05, 4.69) is 20.8 Å². The molecule has 1 heterocycles. The third kappa shape index (κ3) is 3.18. The minimum atomic E-state index is -3.63. The predicted molar refractivity (Wildman–Crippen MR) is 112 cm³/mol. The first-order valence-electron chi connectivity index (χ1n) is 10.0. The second-order valence-corrected chi connectivity index (χ2v) is 10.9. The normalized spacial score (nSPS) is 27.0. The molecular weight excluding hydrogens is 368 g/mol. The van der Waals surface area contributed by atoms with Crippen LogP contribution in [0, 0.1) is 11.3 Å². The molecule has 0 aromatic heterocycles. The number of allylic oxidation sites excluding steroid dienone is 1. The molecule has 0 saturated heterocycles. The molecule has 2 aliphatic rings. The number of rotatable bonds is 3. The topological polar surface area (TPSA) is 43.4 Å². The van der Waals surface area contributed by atoms with Crippen LogP contribution in [0.2, 0.25) is 0 Å². The molecule has 0 amide bonds. The molecule has 1 saturated carbocycles. The van der Waals surface area contributed by atoms with Gasteiger partial charge >= 0.3 is 0 Å². The molecule has 2 atom stereocenters. The summed E-state index contributed by atoms with van der Waals surface area (Å²) in [4.78, 5) is 0.751. The lowest BCUT2D eigenvalue weighted by Crippen LogP contribution is -2.51. The average Bonchev–Trinajstić information content (AvgIpc) is 2.68. The molecule has 1 fully saturated rings. The van der Waals surface area contributed by atoms with Crippen LogP contribution in [0.25, 0.3) is 5.76 Å². The third-order valence-corrected chi connectivity index (χ3v) is 8.46. The van der Waals surface area contributed by atoms with E-state index in [9.17, 15) is 8.42 Å². The first-order valence-corrected chi connectivity index (χ1v) is 11.5. The van der Waals surface area contributed by atoms with Crippen LogP contribution in [0.3, 0.4) is 0 Å². The van der Waals surface area contributed by atoms with Gasteiger partial charge in [0.2, 0.25) is 9.84 Å². The number of ether oxygens (including phenoxy) is 1. The van der Waals surface area contributed by atoms with E-state index in [1.807, 2.05) is 36.4 Å². The zero-order chi connectivity index (χ0) is 20.0. The van der Waals surface area contributed by atoms with Crippen molar-refractivity contribution in [3.05, 3.63) is 71.1 Å². The van der Waals surface area contributed by atoms with Crippen molar-refractivity contribution >= 4 is 15.6 Å². The molecule has 2 aromatic rings. The van der Waals surface area contributed by atoms with E-state index in [0.29, 0.717) is 22.0 Å². The predicted octanol–water partition coefficient (Wildman–Crippen LogP) is 5.83. The second-order valence-electron chi connectivity index (χ2n) is 8.95. The highest BCUT2D eigenvalue weighted by Crippen LogP contribution is 2.56. The molecule has 148 valence electrons. The van der Waals surface area contributed by atoms with E-state index in [4.69, 9.17) is 4.74 Å². The van der Waals surface area contributed by atoms with Gasteiger partial charge in [-0.3, -0.25) is 0 Å². The average molecular weight is 397 g/mol. The number of sulfone groups is 1. The summed E-state index contributed by atoms with van der Waals surface area (Å²) in [5.74, 6) is 0.690. The molecule has 1 aliphatic heterocycles. The van der Waals surface area contributed by atoms with E-state index in [1.165, 1.54) is 0 Å². The van der Waals surface area contributed by atoms with Gasteiger partial charge in [0.05, 0.1) is 9.80 Å². The molecule has 0 unspecified atom stereocenters.